The Morgan fingerprint density at radius 3 is 2.74 bits per heavy atom. The predicted molar refractivity (Wildman–Crippen MR) is 118 cm³/mol. The van der Waals surface area contributed by atoms with Gasteiger partial charge < -0.3 is 24.6 Å². The van der Waals surface area contributed by atoms with Crippen LogP contribution in [0.25, 0.3) is 11.3 Å². The first-order valence-corrected chi connectivity index (χ1v) is 10.8. The highest BCUT2D eigenvalue weighted by Gasteiger charge is 2.17. The number of ether oxygens (including phenoxy) is 3. The number of benzene rings is 2. The number of nitrogens with zero attached hydrogens (tertiary/aromatic N) is 2. The number of aromatic carboxylic acids is 1. The SMILES string of the molecule is COc1cc2c(cc1CCNc1cc(-c3ccc(C(=O)O)c(SC)c3)ncn1)OCO2. The van der Waals surface area contributed by atoms with Crippen LogP contribution in [0.3, 0.4) is 0 Å². The molecule has 0 saturated heterocycles. The topological polar surface area (TPSA) is 103 Å². The van der Waals surface area contributed by atoms with E-state index in [9.17, 15) is 9.90 Å². The number of aromatic nitrogens is 2. The van der Waals surface area contributed by atoms with Gasteiger partial charge in [-0.05, 0) is 36.4 Å². The van der Waals surface area contributed by atoms with E-state index in [2.05, 4.69) is 15.3 Å². The predicted octanol–water partition coefficient (Wildman–Crippen LogP) is 3.96. The number of anilines is 1. The molecule has 4 rings (SSSR count). The Morgan fingerprint density at radius 2 is 2.00 bits per heavy atom. The molecular formula is C22H21N3O5S. The minimum Gasteiger partial charge on any atom is -0.496 e. The molecule has 160 valence electrons. The van der Waals surface area contributed by atoms with Gasteiger partial charge in [0.1, 0.15) is 17.9 Å². The molecule has 2 N–H and O–H groups in total. The fourth-order valence-corrected chi connectivity index (χ4v) is 3.94. The molecule has 31 heavy (non-hydrogen) atoms. The molecule has 0 aliphatic carbocycles. The first-order valence-electron chi connectivity index (χ1n) is 9.53. The molecule has 2 aromatic carbocycles. The van der Waals surface area contributed by atoms with Crippen LogP contribution in [0.15, 0.2) is 47.6 Å². The van der Waals surface area contributed by atoms with Gasteiger partial charge in [0.2, 0.25) is 6.79 Å². The Balaban J connectivity index is 1.47. The van der Waals surface area contributed by atoms with E-state index >= 15 is 0 Å². The molecule has 1 aliphatic rings. The average molecular weight is 439 g/mol. The van der Waals surface area contributed by atoms with Crippen LogP contribution in [-0.2, 0) is 6.42 Å². The average Bonchev–Trinajstić information content (AvgIpc) is 3.25. The van der Waals surface area contributed by atoms with E-state index in [1.165, 1.54) is 18.1 Å². The third-order valence-electron chi connectivity index (χ3n) is 4.87. The third-order valence-corrected chi connectivity index (χ3v) is 5.65. The van der Waals surface area contributed by atoms with Crippen molar-refractivity contribution in [1.82, 2.24) is 9.97 Å². The van der Waals surface area contributed by atoms with Crippen LogP contribution in [0.5, 0.6) is 17.2 Å². The molecule has 1 aromatic heterocycles. The highest BCUT2D eigenvalue weighted by Crippen LogP contribution is 2.38. The molecule has 9 heteroatoms. The van der Waals surface area contributed by atoms with E-state index in [-0.39, 0.29) is 12.4 Å². The molecule has 0 amide bonds. The maximum Gasteiger partial charge on any atom is 0.336 e. The van der Waals surface area contributed by atoms with E-state index in [4.69, 9.17) is 14.2 Å². The summed E-state index contributed by atoms with van der Waals surface area (Å²) in [6.07, 6.45) is 4.04. The summed E-state index contributed by atoms with van der Waals surface area (Å²) in [7, 11) is 1.63. The van der Waals surface area contributed by atoms with Gasteiger partial charge in [-0.2, -0.15) is 0 Å². The van der Waals surface area contributed by atoms with Gasteiger partial charge in [-0.1, -0.05) is 6.07 Å². The van der Waals surface area contributed by atoms with Crippen LogP contribution >= 0.6 is 11.8 Å². The lowest BCUT2D eigenvalue weighted by molar-refractivity contribution is 0.0693. The van der Waals surface area contributed by atoms with Crippen molar-refractivity contribution in [3.8, 4) is 28.5 Å². The minimum atomic E-state index is -0.945. The number of nitrogens with one attached hydrogen (secondary N) is 1. The number of carboxylic acid groups (broad SMARTS) is 1. The number of carboxylic acids is 1. The van der Waals surface area contributed by atoms with Crippen molar-refractivity contribution in [3.05, 3.63) is 53.9 Å². The summed E-state index contributed by atoms with van der Waals surface area (Å²) in [5, 5.41) is 12.6. The van der Waals surface area contributed by atoms with Crippen LogP contribution in [0.2, 0.25) is 0 Å². The summed E-state index contributed by atoms with van der Waals surface area (Å²) in [5.74, 6) is 1.89. The highest BCUT2D eigenvalue weighted by molar-refractivity contribution is 7.98. The summed E-state index contributed by atoms with van der Waals surface area (Å²) in [4.78, 5) is 20.7. The van der Waals surface area contributed by atoms with Crippen LogP contribution in [0.4, 0.5) is 5.82 Å². The summed E-state index contributed by atoms with van der Waals surface area (Å²) in [5.41, 5.74) is 2.83. The van der Waals surface area contributed by atoms with Gasteiger partial charge in [0.15, 0.2) is 11.5 Å². The lowest BCUT2D eigenvalue weighted by Gasteiger charge is -2.11. The van der Waals surface area contributed by atoms with Gasteiger partial charge in [0, 0.05) is 29.1 Å². The molecule has 1 aliphatic heterocycles. The lowest BCUT2D eigenvalue weighted by atomic mass is 10.1. The maximum absolute atomic E-state index is 11.4. The van der Waals surface area contributed by atoms with Crippen LogP contribution in [-0.4, -0.2) is 47.7 Å². The molecule has 0 atom stereocenters. The van der Waals surface area contributed by atoms with Crippen molar-refractivity contribution in [3.63, 3.8) is 0 Å². The van der Waals surface area contributed by atoms with E-state index in [1.807, 2.05) is 30.5 Å². The van der Waals surface area contributed by atoms with Gasteiger partial charge in [-0.15, -0.1) is 11.8 Å². The summed E-state index contributed by atoms with van der Waals surface area (Å²) in [6, 6.07) is 10.8. The fraction of sp³-hybridized carbons (Fsp3) is 0.227. The number of hydrogen-bond donors (Lipinski definition) is 2. The molecular weight excluding hydrogens is 418 g/mol. The molecule has 0 spiro atoms. The van der Waals surface area contributed by atoms with E-state index in [1.54, 1.807) is 19.2 Å². The first-order chi connectivity index (χ1) is 15.1. The Labute approximate surface area is 183 Å². The standard InChI is InChI=1S/C22H21N3O5S/c1-28-17-10-19-18(29-12-30-19)7-14(17)5-6-23-21-9-16(24-11-25-21)13-3-4-15(22(26)27)20(8-13)31-2/h3-4,7-11H,5-6,12H2,1-2H3,(H,26,27)(H,23,24,25). The van der Waals surface area contributed by atoms with Crippen LogP contribution in [0, 0.1) is 0 Å². The van der Waals surface area contributed by atoms with Crippen LogP contribution < -0.4 is 19.5 Å². The highest BCUT2D eigenvalue weighted by atomic mass is 32.2. The maximum atomic E-state index is 11.4. The largest absolute Gasteiger partial charge is 0.496 e. The number of methoxy groups -OCH3 is 1. The van der Waals surface area contributed by atoms with Gasteiger partial charge in [-0.25, -0.2) is 14.8 Å². The molecule has 0 saturated carbocycles. The Morgan fingerprint density at radius 1 is 1.19 bits per heavy atom. The van der Waals surface area contributed by atoms with E-state index in [0.29, 0.717) is 35.1 Å². The molecule has 8 nitrogen and oxygen atoms in total. The monoisotopic (exact) mass is 439 g/mol. The van der Waals surface area contributed by atoms with Crippen LogP contribution in [0.1, 0.15) is 15.9 Å². The summed E-state index contributed by atoms with van der Waals surface area (Å²) >= 11 is 1.39. The van der Waals surface area contributed by atoms with Crippen molar-refractivity contribution >= 4 is 23.5 Å². The first kappa shape index (κ1) is 20.8. The number of hydrogen-bond acceptors (Lipinski definition) is 8. The number of fused-ring (bicyclic) bond motifs is 1. The molecule has 3 aromatic rings. The molecule has 2 heterocycles. The van der Waals surface area contributed by atoms with Gasteiger partial charge in [0.05, 0.1) is 18.4 Å². The second kappa shape index (κ2) is 9.13. The Bertz CT molecular complexity index is 1120. The number of carbonyl (C=O) groups is 1. The van der Waals surface area contributed by atoms with Crippen molar-refractivity contribution < 1.29 is 24.1 Å². The third kappa shape index (κ3) is 4.51. The number of rotatable bonds is 8. The van der Waals surface area contributed by atoms with Crippen molar-refractivity contribution in [1.29, 1.82) is 0 Å². The quantitative estimate of drug-likeness (QED) is 0.505. The van der Waals surface area contributed by atoms with Crippen molar-refractivity contribution in [2.75, 3.05) is 32.0 Å². The Hall–Kier alpha value is -3.46. The fourth-order valence-electron chi connectivity index (χ4n) is 3.32. The Kier molecular flexibility index (Phi) is 6.13. The number of thioether (sulfide) groups is 1. The summed E-state index contributed by atoms with van der Waals surface area (Å²) < 4.78 is 16.3. The molecule has 0 unspecified atom stereocenters. The summed E-state index contributed by atoms with van der Waals surface area (Å²) in [6.45, 7) is 0.843. The second-order valence-corrected chi connectivity index (χ2v) is 7.55. The van der Waals surface area contributed by atoms with Crippen molar-refractivity contribution in [2.45, 2.75) is 11.3 Å². The minimum absolute atomic E-state index is 0.218. The zero-order valence-electron chi connectivity index (χ0n) is 17.0. The normalized spacial score (nSPS) is 11.9. The van der Waals surface area contributed by atoms with Gasteiger partial charge in [-0.3, -0.25) is 0 Å². The second-order valence-electron chi connectivity index (χ2n) is 6.70. The molecule has 0 bridgehead atoms. The smallest absolute Gasteiger partial charge is 0.336 e. The lowest BCUT2D eigenvalue weighted by Crippen LogP contribution is -2.07. The van der Waals surface area contributed by atoms with Gasteiger partial charge in [0.25, 0.3) is 0 Å². The van der Waals surface area contributed by atoms with E-state index < -0.39 is 5.97 Å². The van der Waals surface area contributed by atoms with Gasteiger partial charge >= 0.3 is 5.97 Å². The van der Waals surface area contributed by atoms with Crippen molar-refractivity contribution in [2.24, 2.45) is 0 Å². The molecule has 0 fully saturated rings. The zero-order chi connectivity index (χ0) is 21.8. The van der Waals surface area contributed by atoms with E-state index in [0.717, 1.165) is 22.6 Å². The zero-order valence-corrected chi connectivity index (χ0v) is 17.9. The molecule has 0 radical (unpaired) electrons.